The molecule has 1 aromatic carbocycles. The fourth-order valence-corrected chi connectivity index (χ4v) is 2.71. The van der Waals surface area contributed by atoms with Crippen molar-refractivity contribution < 1.29 is 9.53 Å². The van der Waals surface area contributed by atoms with Crippen LogP contribution in [0.15, 0.2) is 24.3 Å². The van der Waals surface area contributed by atoms with E-state index < -0.39 is 0 Å². The zero-order chi connectivity index (χ0) is 14.9. The van der Waals surface area contributed by atoms with E-state index in [1.807, 2.05) is 24.3 Å². The minimum absolute atomic E-state index is 0.0317. The maximum Gasteiger partial charge on any atom is 0.224 e. The summed E-state index contributed by atoms with van der Waals surface area (Å²) in [5, 5.41) is 2.91. The second-order valence-corrected chi connectivity index (χ2v) is 5.75. The predicted octanol–water partition coefficient (Wildman–Crippen LogP) is 2.67. The van der Waals surface area contributed by atoms with Gasteiger partial charge in [0.15, 0.2) is 0 Å². The van der Waals surface area contributed by atoms with Gasteiger partial charge in [0.1, 0.15) is 0 Å². The van der Waals surface area contributed by atoms with Gasteiger partial charge < -0.3 is 15.8 Å². The lowest BCUT2D eigenvalue weighted by atomic mass is 10.1. The fraction of sp³-hybridized carbons (Fsp3) is 0.588. The van der Waals surface area contributed by atoms with Crippen LogP contribution in [0.2, 0.25) is 0 Å². The first kappa shape index (κ1) is 15.8. The molecule has 0 bridgehead atoms. The molecule has 0 heterocycles. The van der Waals surface area contributed by atoms with Crippen LogP contribution in [0.5, 0.6) is 0 Å². The van der Waals surface area contributed by atoms with E-state index in [1.54, 1.807) is 0 Å². The van der Waals surface area contributed by atoms with Gasteiger partial charge in [0, 0.05) is 12.2 Å². The Morgan fingerprint density at radius 1 is 1.14 bits per heavy atom. The van der Waals surface area contributed by atoms with Gasteiger partial charge in [-0.2, -0.15) is 0 Å². The highest BCUT2D eigenvalue weighted by Crippen LogP contribution is 2.19. The van der Waals surface area contributed by atoms with Gasteiger partial charge >= 0.3 is 0 Å². The lowest BCUT2D eigenvalue weighted by Crippen LogP contribution is -2.30. The number of anilines is 1. The summed E-state index contributed by atoms with van der Waals surface area (Å²) in [7, 11) is 0. The minimum atomic E-state index is 0.0317. The van der Waals surface area contributed by atoms with E-state index in [4.69, 9.17) is 10.5 Å². The quantitative estimate of drug-likeness (QED) is 0.481. The summed E-state index contributed by atoms with van der Waals surface area (Å²) in [6.07, 6.45) is 8.32. The van der Waals surface area contributed by atoms with E-state index in [0.29, 0.717) is 25.7 Å². The highest BCUT2D eigenvalue weighted by atomic mass is 16.5. The van der Waals surface area contributed by atoms with Crippen molar-refractivity contribution in [2.75, 3.05) is 18.9 Å². The first-order valence-electron chi connectivity index (χ1n) is 7.97. The van der Waals surface area contributed by atoms with Gasteiger partial charge in [-0.25, -0.2) is 0 Å². The van der Waals surface area contributed by atoms with Crippen molar-refractivity contribution in [3.8, 4) is 0 Å². The number of nitrogens with one attached hydrogen (secondary N) is 1. The molecule has 2 rings (SSSR count). The topological polar surface area (TPSA) is 64.4 Å². The summed E-state index contributed by atoms with van der Waals surface area (Å²) in [5.41, 5.74) is 7.32. The van der Waals surface area contributed by atoms with Crippen molar-refractivity contribution in [3.63, 3.8) is 0 Å². The number of carbonyl (C=O) groups excluding carboxylic acids is 1. The Kier molecular flexibility index (Phi) is 6.54. The third kappa shape index (κ3) is 6.17. The van der Waals surface area contributed by atoms with Gasteiger partial charge in [0.2, 0.25) is 5.91 Å². The Morgan fingerprint density at radius 2 is 1.81 bits per heavy atom. The first-order chi connectivity index (χ1) is 10.2. The molecule has 0 aliphatic heterocycles. The number of amides is 1. The summed E-state index contributed by atoms with van der Waals surface area (Å²) in [6.45, 7) is 1.20. The molecule has 1 aliphatic carbocycles. The molecule has 1 fully saturated rings. The van der Waals surface area contributed by atoms with Crippen LogP contribution in [-0.4, -0.2) is 25.2 Å². The summed E-state index contributed by atoms with van der Waals surface area (Å²) >= 11 is 0. The standard InChI is InChI=1S/C17H26N2O2/c18-15-9-7-14(8-10-15)13-17(20)19-11-12-21-16-5-3-1-2-4-6-16/h7-10,16H,1-6,11-13,18H2,(H,19,20). The Hall–Kier alpha value is -1.55. The molecule has 21 heavy (non-hydrogen) atoms. The van der Waals surface area contributed by atoms with Gasteiger partial charge in [-0.3, -0.25) is 4.79 Å². The maximum absolute atomic E-state index is 11.8. The van der Waals surface area contributed by atoms with Gasteiger partial charge in [-0.05, 0) is 30.5 Å². The van der Waals surface area contributed by atoms with Crippen LogP contribution in [0.25, 0.3) is 0 Å². The van der Waals surface area contributed by atoms with Crippen molar-refractivity contribution in [2.45, 2.75) is 51.0 Å². The van der Waals surface area contributed by atoms with E-state index in [0.717, 1.165) is 11.3 Å². The lowest BCUT2D eigenvalue weighted by Gasteiger charge is -2.15. The molecule has 0 radical (unpaired) electrons. The Bertz CT molecular complexity index is 423. The number of benzene rings is 1. The molecule has 0 aromatic heterocycles. The maximum atomic E-state index is 11.8. The van der Waals surface area contributed by atoms with Crippen LogP contribution in [0.3, 0.4) is 0 Å². The molecule has 4 nitrogen and oxygen atoms in total. The van der Waals surface area contributed by atoms with Gasteiger partial charge in [-0.1, -0.05) is 37.8 Å². The molecule has 3 N–H and O–H groups in total. The molecule has 1 aromatic rings. The van der Waals surface area contributed by atoms with Crippen LogP contribution in [0.1, 0.15) is 44.1 Å². The summed E-state index contributed by atoms with van der Waals surface area (Å²) in [4.78, 5) is 11.8. The lowest BCUT2D eigenvalue weighted by molar-refractivity contribution is -0.120. The van der Waals surface area contributed by atoms with Crippen molar-refractivity contribution in [2.24, 2.45) is 0 Å². The second-order valence-electron chi connectivity index (χ2n) is 5.75. The molecular weight excluding hydrogens is 264 g/mol. The Morgan fingerprint density at radius 3 is 2.48 bits per heavy atom. The first-order valence-corrected chi connectivity index (χ1v) is 7.97. The summed E-state index contributed by atoms with van der Waals surface area (Å²) in [6, 6.07) is 7.41. The number of nitrogens with two attached hydrogens (primary N) is 1. The van der Waals surface area contributed by atoms with Crippen molar-refractivity contribution >= 4 is 11.6 Å². The van der Waals surface area contributed by atoms with Gasteiger partial charge in [-0.15, -0.1) is 0 Å². The third-order valence-electron chi connectivity index (χ3n) is 3.92. The summed E-state index contributed by atoms with van der Waals surface area (Å²) in [5.74, 6) is 0.0317. The molecule has 116 valence electrons. The number of rotatable bonds is 6. The van der Waals surface area contributed by atoms with Gasteiger partial charge in [0.05, 0.1) is 19.1 Å². The summed E-state index contributed by atoms with van der Waals surface area (Å²) < 4.78 is 5.85. The predicted molar refractivity (Wildman–Crippen MR) is 85.0 cm³/mol. The highest BCUT2D eigenvalue weighted by Gasteiger charge is 2.12. The van der Waals surface area contributed by atoms with Crippen LogP contribution in [-0.2, 0) is 16.0 Å². The second kappa shape index (κ2) is 8.67. The van der Waals surface area contributed by atoms with E-state index in [1.165, 1.54) is 38.5 Å². The van der Waals surface area contributed by atoms with Crippen LogP contribution >= 0.6 is 0 Å². The zero-order valence-electron chi connectivity index (χ0n) is 12.6. The Balaban J connectivity index is 1.59. The van der Waals surface area contributed by atoms with Gasteiger partial charge in [0.25, 0.3) is 0 Å². The van der Waals surface area contributed by atoms with Crippen LogP contribution in [0.4, 0.5) is 5.69 Å². The van der Waals surface area contributed by atoms with Crippen LogP contribution in [0, 0.1) is 0 Å². The average Bonchev–Trinajstić information content (AvgIpc) is 2.75. The van der Waals surface area contributed by atoms with E-state index in [-0.39, 0.29) is 5.91 Å². The van der Waals surface area contributed by atoms with E-state index in [2.05, 4.69) is 5.32 Å². The SMILES string of the molecule is Nc1ccc(CC(=O)NCCOC2CCCCCC2)cc1. The highest BCUT2D eigenvalue weighted by molar-refractivity contribution is 5.78. The number of carbonyl (C=O) groups is 1. The Labute approximate surface area is 127 Å². The van der Waals surface area contributed by atoms with Crippen LogP contribution < -0.4 is 11.1 Å². The smallest absolute Gasteiger partial charge is 0.224 e. The van der Waals surface area contributed by atoms with Crippen molar-refractivity contribution in [1.29, 1.82) is 0 Å². The molecule has 0 spiro atoms. The molecule has 0 saturated heterocycles. The monoisotopic (exact) mass is 290 g/mol. The molecule has 4 heteroatoms. The molecule has 1 amide bonds. The number of hydrogen-bond donors (Lipinski definition) is 2. The average molecular weight is 290 g/mol. The molecule has 0 unspecified atom stereocenters. The number of hydrogen-bond acceptors (Lipinski definition) is 3. The minimum Gasteiger partial charge on any atom is -0.399 e. The molecule has 1 saturated carbocycles. The molecule has 0 atom stereocenters. The molecule has 1 aliphatic rings. The molecular formula is C17H26N2O2. The van der Waals surface area contributed by atoms with Crippen molar-refractivity contribution in [3.05, 3.63) is 29.8 Å². The fourth-order valence-electron chi connectivity index (χ4n) is 2.71. The van der Waals surface area contributed by atoms with Crippen molar-refractivity contribution in [1.82, 2.24) is 5.32 Å². The number of ether oxygens (including phenoxy) is 1. The largest absolute Gasteiger partial charge is 0.399 e. The van der Waals surface area contributed by atoms with E-state index in [9.17, 15) is 4.79 Å². The number of nitrogen functional groups attached to an aromatic ring is 1. The zero-order valence-corrected chi connectivity index (χ0v) is 12.6. The van der Waals surface area contributed by atoms with E-state index >= 15 is 0 Å². The third-order valence-corrected chi connectivity index (χ3v) is 3.92. The normalized spacial score (nSPS) is 16.4.